The van der Waals surface area contributed by atoms with Crippen molar-refractivity contribution in [1.82, 2.24) is 14.8 Å². The highest BCUT2D eigenvalue weighted by atomic mass is 16.5. The summed E-state index contributed by atoms with van der Waals surface area (Å²) in [5, 5.41) is 0. The molecule has 2 heterocycles. The Bertz CT molecular complexity index is 867. The van der Waals surface area contributed by atoms with Gasteiger partial charge in [-0.05, 0) is 32.8 Å². The highest BCUT2D eigenvalue weighted by Crippen LogP contribution is 2.26. The number of carbonyl (C=O) groups excluding carboxylic acids is 2. The first-order valence-corrected chi connectivity index (χ1v) is 9.53. The Kier molecular flexibility index (Phi) is 5.97. The molecule has 0 N–H and O–H groups in total. The molecule has 2 aromatic rings. The zero-order valence-electron chi connectivity index (χ0n) is 16.9. The fourth-order valence-corrected chi connectivity index (χ4v) is 3.66. The maximum Gasteiger partial charge on any atom is 0.245 e. The van der Waals surface area contributed by atoms with Crippen LogP contribution in [0.4, 0.5) is 0 Å². The average molecular weight is 381 g/mol. The zero-order valence-corrected chi connectivity index (χ0v) is 16.9. The molecule has 1 saturated heterocycles. The van der Waals surface area contributed by atoms with Crippen LogP contribution in [-0.4, -0.2) is 52.8 Å². The van der Waals surface area contributed by atoms with Crippen LogP contribution in [0.25, 0.3) is 0 Å². The SMILES string of the molecule is COc1c(C)cnc(CN2C(=O)CN(CCc3ccccc3)C(=O)[C@@H]2C)c1C. The van der Waals surface area contributed by atoms with E-state index in [0.29, 0.717) is 13.1 Å². The van der Waals surface area contributed by atoms with Gasteiger partial charge in [-0.15, -0.1) is 0 Å². The van der Waals surface area contributed by atoms with E-state index in [9.17, 15) is 9.59 Å². The van der Waals surface area contributed by atoms with Crippen LogP contribution in [0.3, 0.4) is 0 Å². The third kappa shape index (κ3) is 4.01. The molecule has 0 radical (unpaired) electrons. The number of benzene rings is 1. The van der Waals surface area contributed by atoms with E-state index in [2.05, 4.69) is 4.98 Å². The number of rotatable bonds is 6. The lowest BCUT2D eigenvalue weighted by atomic mass is 10.1. The molecule has 3 rings (SSSR count). The molecular formula is C22H27N3O3. The van der Waals surface area contributed by atoms with Crippen LogP contribution in [-0.2, 0) is 22.6 Å². The topological polar surface area (TPSA) is 62.7 Å². The number of pyridine rings is 1. The van der Waals surface area contributed by atoms with Crippen LogP contribution in [0, 0.1) is 13.8 Å². The van der Waals surface area contributed by atoms with E-state index in [-0.39, 0.29) is 18.4 Å². The van der Waals surface area contributed by atoms with E-state index in [1.54, 1.807) is 30.0 Å². The lowest BCUT2D eigenvalue weighted by molar-refractivity contribution is -0.155. The lowest BCUT2D eigenvalue weighted by Gasteiger charge is -2.39. The molecule has 0 spiro atoms. The molecule has 1 aliphatic heterocycles. The molecule has 6 heteroatoms. The minimum absolute atomic E-state index is 0.0211. The molecular weight excluding hydrogens is 354 g/mol. The standard InChI is InChI=1S/C22H27N3O3/c1-15-12-23-19(16(2)21(15)28-4)13-25-17(3)22(27)24(14-20(25)26)11-10-18-8-6-5-7-9-18/h5-9,12,17H,10-11,13-14H2,1-4H3/t17-/m0/s1. The number of piperazine rings is 1. The van der Waals surface area contributed by atoms with Gasteiger partial charge in [0.2, 0.25) is 11.8 Å². The van der Waals surface area contributed by atoms with Crippen LogP contribution < -0.4 is 4.74 Å². The summed E-state index contributed by atoms with van der Waals surface area (Å²) in [6, 6.07) is 9.48. The molecule has 1 atom stereocenters. The molecule has 0 aliphatic carbocycles. The normalized spacial score (nSPS) is 17.2. The van der Waals surface area contributed by atoms with Gasteiger partial charge in [0, 0.05) is 23.9 Å². The Hall–Kier alpha value is -2.89. The second kappa shape index (κ2) is 8.42. The second-order valence-electron chi connectivity index (χ2n) is 7.24. The van der Waals surface area contributed by atoms with Crippen LogP contribution in [0.1, 0.15) is 29.3 Å². The number of aromatic nitrogens is 1. The smallest absolute Gasteiger partial charge is 0.245 e. The highest BCUT2D eigenvalue weighted by molar-refractivity contribution is 5.94. The number of nitrogens with zero attached hydrogens (tertiary/aromatic N) is 3. The summed E-state index contributed by atoms with van der Waals surface area (Å²) < 4.78 is 5.45. The van der Waals surface area contributed by atoms with Crippen LogP contribution in [0.2, 0.25) is 0 Å². The number of hydrogen-bond acceptors (Lipinski definition) is 4. The number of methoxy groups -OCH3 is 1. The Morgan fingerprint density at radius 1 is 1.18 bits per heavy atom. The van der Waals surface area contributed by atoms with Crippen molar-refractivity contribution in [2.24, 2.45) is 0 Å². The number of hydrogen-bond donors (Lipinski definition) is 0. The summed E-state index contributed by atoms with van der Waals surface area (Å²) in [6.45, 7) is 6.61. The largest absolute Gasteiger partial charge is 0.496 e. The lowest BCUT2D eigenvalue weighted by Crippen LogP contribution is -2.58. The van der Waals surface area contributed by atoms with E-state index in [1.807, 2.05) is 44.2 Å². The minimum atomic E-state index is -0.509. The fraction of sp³-hybridized carbons (Fsp3) is 0.409. The van der Waals surface area contributed by atoms with Gasteiger partial charge in [0.1, 0.15) is 11.8 Å². The van der Waals surface area contributed by atoms with Gasteiger partial charge in [0.25, 0.3) is 0 Å². The van der Waals surface area contributed by atoms with Gasteiger partial charge in [-0.25, -0.2) is 0 Å². The summed E-state index contributed by atoms with van der Waals surface area (Å²) >= 11 is 0. The minimum Gasteiger partial charge on any atom is -0.496 e. The molecule has 0 bridgehead atoms. The van der Waals surface area contributed by atoms with Crippen molar-refractivity contribution in [3.8, 4) is 5.75 Å². The first kappa shape index (κ1) is 19.9. The molecule has 1 fully saturated rings. The highest BCUT2D eigenvalue weighted by Gasteiger charge is 2.36. The van der Waals surface area contributed by atoms with Crippen molar-refractivity contribution in [1.29, 1.82) is 0 Å². The number of ether oxygens (including phenoxy) is 1. The number of aryl methyl sites for hydroxylation is 1. The Morgan fingerprint density at radius 2 is 1.89 bits per heavy atom. The van der Waals surface area contributed by atoms with Gasteiger partial charge in [0.15, 0.2) is 0 Å². The van der Waals surface area contributed by atoms with E-state index >= 15 is 0 Å². The van der Waals surface area contributed by atoms with Crippen molar-refractivity contribution in [3.05, 3.63) is 58.9 Å². The Labute approximate surface area is 166 Å². The molecule has 2 amide bonds. The summed E-state index contributed by atoms with van der Waals surface area (Å²) in [5.41, 5.74) is 3.77. The Balaban J connectivity index is 1.70. The van der Waals surface area contributed by atoms with Crippen LogP contribution >= 0.6 is 0 Å². The van der Waals surface area contributed by atoms with Crippen LogP contribution in [0.5, 0.6) is 5.75 Å². The van der Waals surface area contributed by atoms with Crippen molar-refractivity contribution in [3.63, 3.8) is 0 Å². The molecule has 0 unspecified atom stereocenters. The average Bonchev–Trinajstić information content (AvgIpc) is 2.69. The quantitative estimate of drug-likeness (QED) is 0.771. The first-order chi connectivity index (χ1) is 13.4. The number of amides is 2. The van der Waals surface area contributed by atoms with Gasteiger partial charge >= 0.3 is 0 Å². The van der Waals surface area contributed by atoms with Crippen molar-refractivity contribution in [2.45, 2.75) is 39.8 Å². The zero-order chi connectivity index (χ0) is 20.3. The molecule has 6 nitrogen and oxygen atoms in total. The molecule has 0 saturated carbocycles. The van der Waals surface area contributed by atoms with E-state index in [0.717, 1.165) is 34.6 Å². The van der Waals surface area contributed by atoms with Crippen molar-refractivity contribution in [2.75, 3.05) is 20.2 Å². The predicted molar refractivity (Wildman–Crippen MR) is 107 cm³/mol. The van der Waals surface area contributed by atoms with E-state index in [1.165, 1.54) is 0 Å². The number of carbonyl (C=O) groups is 2. The third-order valence-corrected chi connectivity index (χ3v) is 5.37. The van der Waals surface area contributed by atoms with Gasteiger partial charge in [-0.1, -0.05) is 30.3 Å². The van der Waals surface area contributed by atoms with Crippen molar-refractivity contribution >= 4 is 11.8 Å². The molecule has 148 valence electrons. The maximum atomic E-state index is 12.8. The molecule has 1 aromatic carbocycles. The van der Waals surface area contributed by atoms with E-state index < -0.39 is 6.04 Å². The summed E-state index contributed by atoms with van der Waals surface area (Å²) in [7, 11) is 1.63. The first-order valence-electron chi connectivity index (χ1n) is 9.53. The summed E-state index contributed by atoms with van der Waals surface area (Å²) in [6.07, 6.45) is 2.48. The molecule has 1 aromatic heterocycles. The van der Waals surface area contributed by atoms with E-state index in [4.69, 9.17) is 4.74 Å². The molecule has 28 heavy (non-hydrogen) atoms. The Morgan fingerprint density at radius 3 is 2.57 bits per heavy atom. The monoisotopic (exact) mass is 381 g/mol. The second-order valence-corrected chi connectivity index (χ2v) is 7.24. The summed E-state index contributed by atoms with van der Waals surface area (Å²) in [4.78, 5) is 33.4. The van der Waals surface area contributed by atoms with Gasteiger partial charge < -0.3 is 14.5 Å². The van der Waals surface area contributed by atoms with Gasteiger partial charge in [-0.3, -0.25) is 14.6 Å². The van der Waals surface area contributed by atoms with Gasteiger partial charge in [-0.2, -0.15) is 0 Å². The third-order valence-electron chi connectivity index (χ3n) is 5.37. The maximum absolute atomic E-state index is 12.8. The van der Waals surface area contributed by atoms with Gasteiger partial charge in [0.05, 0.1) is 25.9 Å². The fourth-order valence-electron chi connectivity index (χ4n) is 3.66. The molecule has 1 aliphatic rings. The predicted octanol–water partition coefficient (Wildman–Crippen LogP) is 2.51. The summed E-state index contributed by atoms with van der Waals surface area (Å²) in [5.74, 6) is 0.700. The van der Waals surface area contributed by atoms with Crippen LogP contribution in [0.15, 0.2) is 36.5 Å². The van der Waals surface area contributed by atoms with Crippen molar-refractivity contribution < 1.29 is 14.3 Å².